The molecule has 1 saturated heterocycles. The van der Waals surface area contributed by atoms with Gasteiger partial charge in [-0.3, -0.25) is 24.3 Å². The normalized spacial score (nSPS) is 16.7. The Kier molecular flexibility index (Phi) is 5.86. The summed E-state index contributed by atoms with van der Waals surface area (Å²) in [5.74, 6) is -1.01. The number of hydrogen-bond donors (Lipinski definition) is 0. The molecule has 35 heavy (non-hydrogen) atoms. The van der Waals surface area contributed by atoms with Crippen LogP contribution in [0.5, 0.6) is 0 Å². The fourth-order valence-corrected chi connectivity index (χ4v) is 6.16. The van der Waals surface area contributed by atoms with Crippen molar-refractivity contribution < 1.29 is 22.8 Å². The molecular formula is C25H24N4O5S. The monoisotopic (exact) mass is 492 g/mol. The number of carbonyl (C=O) groups is 3. The molecule has 2 aliphatic rings. The van der Waals surface area contributed by atoms with Crippen LogP contribution in [0.3, 0.4) is 0 Å². The number of para-hydroxylation sites is 1. The minimum atomic E-state index is -3.79. The number of aryl methyl sites for hydroxylation is 1. The molecule has 3 heterocycles. The van der Waals surface area contributed by atoms with Gasteiger partial charge in [-0.1, -0.05) is 24.3 Å². The lowest BCUT2D eigenvalue weighted by molar-refractivity contribution is -0.132. The second kappa shape index (κ2) is 8.86. The van der Waals surface area contributed by atoms with Crippen LogP contribution in [0.2, 0.25) is 0 Å². The average molecular weight is 493 g/mol. The molecule has 0 spiro atoms. The second-order valence-corrected chi connectivity index (χ2v) is 10.6. The number of aromatic nitrogens is 1. The van der Waals surface area contributed by atoms with E-state index in [1.807, 2.05) is 19.1 Å². The molecular weight excluding hydrogens is 468 g/mol. The first-order valence-electron chi connectivity index (χ1n) is 11.4. The van der Waals surface area contributed by atoms with E-state index in [0.717, 1.165) is 15.8 Å². The van der Waals surface area contributed by atoms with E-state index in [4.69, 9.17) is 0 Å². The number of benzene rings is 2. The van der Waals surface area contributed by atoms with Gasteiger partial charge in [0.2, 0.25) is 15.9 Å². The molecule has 5 rings (SSSR count). The highest BCUT2D eigenvalue weighted by Gasteiger charge is 2.36. The average Bonchev–Trinajstić information content (AvgIpc) is 3.11. The Morgan fingerprint density at radius 2 is 1.60 bits per heavy atom. The molecule has 3 amide bonds. The number of imide groups is 1. The summed E-state index contributed by atoms with van der Waals surface area (Å²) < 4.78 is 28.1. The summed E-state index contributed by atoms with van der Waals surface area (Å²) >= 11 is 0. The molecule has 2 aromatic carbocycles. The fourth-order valence-electron chi connectivity index (χ4n) is 4.58. The van der Waals surface area contributed by atoms with Gasteiger partial charge in [0.15, 0.2) is 0 Å². The molecule has 10 heteroatoms. The number of rotatable bonds is 5. The summed E-state index contributed by atoms with van der Waals surface area (Å²) in [7, 11) is -3.79. The van der Waals surface area contributed by atoms with E-state index < -0.39 is 21.8 Å². The summed E-state index contributed by atoms with van der Waals surface area (Å²) in [6.07, 6.45) is 1.64. The van der Waals surface area contributed by atoms with Gasteiger partial charge in [-0.25, -0.2) is 8.42 Å². The van der Waals surface area contributed by atoms with Crippen LogP contribution in [0.1, 0.15) is 32.7 Å². The third kappa shape index (κ3) is 4.08. The Hall–Kier alpha value is -3.63. The third-order valence-electron chi connectivity index (χ3n) is 6.45. The first-order chi connectivity index (χ1) is 16.8. The maximum atomic E-state index is 13.3. The van der Waals surface area contributed by atoms with Gasteiger partial charge in [0, 0.05) is 50.7 Å². The molecule has 0 aliphatic carbocycles. The Labute approximate surface area is 203 Å². The molecule has 0 radical (unpaired) electrons. The van der Waals surface area contributed by atoms with Crippen LogP contribution in [-0.4, -0.2) is 78.0 Å². The highest BCUT2D eigenvalue weighted by molar-refractivity contribution is 7.89. The number of amides is 3. The van der Waals surface area contributed by atoms with Crippen molar-refractivity contribution in [3.8, 4) is 0 Å². The van der Waals surface area contributed by atoms with E-state index in [2.05, 4.69) is 4.98 Å². The zero-order valence-electron chi connectivity index (χ0n) is 19.2. The number of nitrogens with zero attached hydrogens (tertiary/aromatic N) is 4. The van der Waals surface area contributed by atoms with Gasteiger partial charge in [-0.2, -0.15) is 4.31 Å². The Morgan fingerprint density at radius 3 is 2.26 bits per heavy atom. The number of fused-ring (bicyclic) bond motifs is 2. The minimum Gasteiger partial charge on any atom is -0.340 e. The molecule has 180 valence electrons. The summed E-state index contributed by atoms with van der Waals surface area (Å²) in [6, 6.07) is 13.6. The van der Waals surface area contributed by atoms with Crippen LogP contribution in [0, 0.1) is 6.92 Å². The highest BCUT2D eigenvalue weighted by Crippen LogP contribution is 2.26. The molecule has 1 fully saturated rings. The zero-order valence-corrected chi connectivity index (χ0v) is 20.0. The van der Waals surface area contributed by atoms with E-state index in [0.29, 0.717) is 16.6 Å². The van der Waals surface area contributed by atoms with E-state index in [1.54, 1.807) is 47.5 Å². The molecule has 0 unspecified atom stereocenters. The van der Waals surface area contributed by atoms with E-state index >= 15 is 0 Å². The van der Waals surface area contributed by atoms with Crippen molar-refractivity contribution in [2.45, 2.75) is 18.2 Å². The van der Waals surface area contributed by atoms with Crippen molar-refractivity contribution in [3.05, 3.63) is 71.4 Å². The highest BCUT2D eigenvalue weighted by atomic mass is 32.2. The summed E-state index contributed by atoms with van der Waals surface area (Å²) in [4.78, 5) is 44.9. The lowest BCUT2D eigenvalue weighted by Crippen LogP contribution is -2.51. The van der Waals surface area contributed by atoms with Crippen molar-refractivity contribution in [1.82, 2.24) is 19.1 Å². The molecule has 0 saturated carbocycles. The topological polar surface area (TPSA) is 108 Å². The van der Waals surface area contributed by atoms with Crippen LogP contribution >= 0.6 is 0 Å². The Balaban J connectivity index is 1.22. The summed E-state index contributed by atoms with van der Waals surface area (Å²) in [5.41, 5.74) is 2.07. The molecule has 1 aromatic heterocycles. The summed E-state index contributed by atoms with van der Waals surface area (Å²) in [6.45, 7) is 2.67. The van der Waals surface area contributed by atoms with E-state index in [1.165, 1.54) is 4.31 Å². The van der Waals surface area contributed by atoms with Gasteiger partial charge in [0.1, 0.15) is 4.90 Å². The maximum Gasteiger partial charge on any atom is 0.261 e. The van der Waals surface area contributed by atoms with Crippen LogP contribution in [0.15, 0.2) is 59.6 Å². The standard InChI is InChI=1S/C25H24N4O5S/c1-17-15-18-5-4-8-21(23(18)26-16-17)35(33,34)28-13-11-27(12-14-28)22(30)9-10-29-24(31)19-6-2-3-7-20(19)25(29)32/h2-8,15-16H,9-14H2,1H3. The van der Waals surface area contributed by atoms with Crippen molar-refractivity contribution >= 4 is 38.6 Å². The molecule has 0 atom stereocenters. The smallest absolute Gasteiger partial charge is 0.261 e. The summed E-state index contributed by atoms with van der Waals surface area (Å²) in [5, 5.41) is 0.757. The third-order valence-corrected chi connectivity index (χ3v) is 8.38. The SMILES string of the molecule is Cc1cnc2c(S(=O)(=O)N3CCN(C(=O)CCN4C(=O)c5ccccc5C4=O)CC3)cccc2c1. The zero-order chi connectivity index (χ0) is 24.7. The predicted molar refractivity (Wildman–Crippen MR) is 128 cm³/mol. The largest absolute Gasteiger partial charge is 0.340 e. The van der Waals surface area contributed by atoms with E-state index in [9.17, 15) is 22.8 Å². The van der Waals surface area contributed by atoms with Crippen LogP contribution in [0.25, 0.3) is 10.9 Å². The number of piperazine rings is 1. The quantitative estimate of drug-likeness (QED) is 0.505. The molecule has 0 N–H and O–H groups in total. The molecule has 0 bridgehead atoms. The van der Waals surface area contributed by atoms with Crippen LogP contribution in [0.4, 0.5) is 0 Å². The van der Waals surface area contributed by atoms with Crippen LogP contribution < -0.4 is 0 Å². The molecule has 3 aromatic rings. The van der Waals surface area contributed by atoms with Crippen molar-refractivity contribution in [2.24, 2.45) is 0 Å². The fraction of sp³-hybridized carbons (Fsp3) is 0.280. The van der Waals surface area contributed by atoms with Gasteiger partial charge in [-0.05, 0) is 36.8 Å². The predicted octanol–water partition coefficient (Wildman–Crippen LogP) is 2.06. The van der Waals surface area contributed by atoms with Crippen molar-refractivity contribution in [2.75, 3.05) is 32.7 Å². The van der Waals surface area contributed by atoms with Gasteiger partial charge >= 0.3 is 0 Å². The number of pyridine rings is 1. The lowest BCUT2D eigenvalue weighted by Gasteiger charge is -2.34. The van der Waals surface area contributed by atoms with Gasteiger partial charge in [-0.15, -0.1) is 0 Å². The Morgan fingerprint density at radius 1 is 0.943 bits per heavy atom. The molecule has 2 aliphatic heterocycles. The first kappa shape index (κ1) is 23.1. The lowest BCUT2D eigenvalue weighted by atomic mass is 10.1. The van der Waals surface area contributed by atoms with Gasteiger partial charge in [0.05, 0.1) is 16.6 Å². The first-order valence-corrected chi connectivity index (χ1v) is 12.8. The van der Waals surface area contributed by atoms with Crippen molar-refractivity contribution in [1.29, 1.82) is 0 Å². The second-order valence-electron chi connectivity index (χ2n) is 8.68. The number of hydrogen-bond acceptors (Lipinski definition) is 6. The number of carbonyl (C=O) groups excluding carboxylic acids is 3. The van der Waals surface area contributed by atoms with Gasteiger partial charge < -0.3 is 4.90 Å². The number of sulfonamides is 1. The van der Waals surface area contributed by atoms with Crippen molar-refractivity contribution in [3.63, 3.8) is 0 Å². The van der Waals surface area contributed by atoms with Gasteiger partial charge in [0.25, 0.3) is 11.8 Å². The maximum absolute atomic E-state index is 13.3. The minimum absolute atomic E-state index is 0.00911. The molecule has 9 nitrogen and oxygen atoms in total. The van der Waals surface area contributed by atoms with E-state index in [-0.39, 0.29) is 49.9 Å². The van der Waals surface area contributed by atoms with Crippen LogP contribution in [-0.2, 0) is 14.8 Å². The Bertz CT molecular complexity index is 1430.